The number of aryl methyl sites for hydroxylation is 2. The van der Waals surface area contributed by atoms with Crippen molar-refractivity contribution in [2.24, 2.45) is 10.9 Å². The van der Waals surface area contributed by atoms with Gasteiger partial charge in [0, 0.05) is 16.7 Å². The minimum atomic E-state index is -4.64. The van der Waals surface area contributed by atoms with Crippen LogP contribution >= 0.6 is 0 Å². The van der Waals surface area contributed by atoms with Crippen molar-refractivity contribution < 1.29 is 27.9 Å². The van der Waals surface area contributed by atoms with Crippen LogP contribution in [0.3, 0.4) is 0 Å². The Balaban J connectivity index is 2.48. The largest absolute Gasteiger partial charge is 0.508 e. The molecule has 8 heteroatoms. The number of alkyl halides is 3. The maximum Gasteiger partial charge on any atom is 0.416 e. The van der Waals surface area contributed by atoms with Gasteiger partial charge in [0.2, 0.25) is 0 Å². The van der Waals surface area contributed by atoms with E-state index in [2.05, 4.69) is 5.16 Å². The summed E-state index contributed by atoms with van der Waals surface area (Å²) in [5.74, 6) is -0.00462. The molecule has 0 unspecified atom stereocenters. The zero-order valence-electron chi connectivity index (χ0n) is 15.0. The first kappa shape index (κ1) is 19.3. The molecule has 0 aliphatic carbocycles. The third-order valence-electron chi connectivity index (χ3n) is 4.44. The van der Waals surface area contributed by atoms with Gasteiger partial charge in [0.05, 0.1) is 11.8 Å². The monoisotopic (exact) mass is 390 g/mol. The first-order valence-electron chi connectivity index (χ1n) is 8.21. The van der Waals surface area contributed by atoms with E-state index in [4.69, 9.17) is 15.4 Å². The number of halogens is 3. The summed E-state index contributed by atoms with van der Waals surface area (Å²) in [5, 5.41) is 21.6. The lowest BCUT2D eigenvalue weighted by Gasteiger charge is -2.19. The molecule has 1 heterocycles. The molecule has 146 valence electrons. The van der Waals surface area contributed by atoms with Crippen LogP contribution in [-0.4, -0.2) is 16.1 Å². The molecule has 0 fully saturated rings. The third kappa shape index (κ3) is 3.40. The molecule has 0 saturated heterocycles. The second-order valence-corrected chi connectivity index (χ2v) is 6.33. The van der Waals surface area contributed by atoms with E-state index in [9.17, 15) is 18.3 Å². The molecule has 4 N–H and O–H groups in total. The SMILES string of the molecule is Cc1coc(C)c1-c1c(/C(N)=N/O)cc(C(F)(F)F)cc1-c1ccc(O)cc1. The predicted molar refractivity (Wildman–Crippen MR) is 98.2 cm³/mol. The van der Waals surface area contributed by atoms with E-state index < -0.39 is 17.6 Å². The van der Waals surface area contributed by atoms with Gasteiger partial charge in [0.25, 0.3) is 0 Å². The number of aromatic hydroxyl groups is 1. The van der Waals surface area contributed by atoms with Crippen LogP contribution in [0.5, 0.6) is 5.75 Å². The molecule has 0 bridgehead atoms. The number of benzene rings is 2. The fourth-order valence-corrected chi connectivity index (χ4v) is 3.15. The van der Waals surface area contributed by atoms with Crippen LogP contribution in [-0.2, 0) is 6.18 Å². The second kappa shape index (κ2) is 6.95. The Morgan fingerprint density at radius 1 is 1.07 bits per heavy atom. The van der Waals surface area contributed by atoms with Crippen LogP contribution in [0.1, 0.15) is 22.5 Å². The molecule has 3 rings (SSSR count). The van der Waals surface area contributed by atoms with Crippen molar-refractivity contribution in [3.05, 3.63) is 65.1 Å². The van der Waals surface area contributed by atoms with Crippen LogP contribution < -0.4 is 5.73 Å². The fraction of sp³-hybridized carbons (Fsp3) is 0.150. The summed E-state index contributed by atoms with van der Waals surface area (Å²) in [6.45, 7) is 3.43. The minimum absolute atomic E-state index is 0.0235. The molecule has 0 saturated carbocycles. The third-order valence-corrected chi connectivity index (χ3v) is 4.44. The van der Waals surface area contributed by atoms with E-state index in [0.717, 1.165) is 12.1 Å². The van der Waals surface area contributed by atoms with Crippen LogP contribution in [0, 0.1) is 13.8 Å². The summed E-state index contributed by atoms with van der Waals surface area (Å²) in [7, 11) is 0. The number of phenolic OH excluding ortho intramolecular Hbond substituents is 1. The quantitative estimate of drug-likeness (QED) is 0.253. The maximum atomic E-state index is 13.5. The molecular formula is C20H17F3N2O3. The van der Waals surface area contributed by atoms with Gasteiger partial charge in [-0.05, 0) is 54.8 Å². The fourth-order valence-electron chi connectivity index (χ4n) is 3.15. The highest BCUT2D eigenvalue weighted by Crippen LogP contribution is 2.43. The average Bonchev–Trinajstić information content (AvgIpc) is 2.98. The van der Waals surface area contributed by atoms with Gasteiger partial charge in [-0.15, -0.1) is 0 Å². The topological polar surface area (TPSA) is 92.0 Å². The maximum absolute atomic E-state index is 13.5. The smallest absolute Gasteiger partial charge is 0.416 e. The summed E-state index contributed by atoms with van der Waals surface area (Å²) in [4.78, 5) is 0. The highest BCUT2D eigenvalue weighted by atomic mass is 19.4. The van der Waals surface area contributed by atoms with Gasteiger partial charge in [-0.3, -0.25) is 0 Å². The summed E-state index contributed by atoms with van der Waals surface area (Å²) < 4.78 is 46.0. The van der Waals surface area contributed by atoms with Gasteiger partial charge in [-0.25, -0.2) is 0 Å². The van der Waals surface area contributed by atoms with E-state index in [1.54, 1.807) is 13.8 Å². The first-order chi connectivity index (χ1) is 13.1. The van der Waals surface area contributed by atoms with Crippen LogP contribution in [0.25, 0.3) is 22.3 Å². The highest BCUT2D eigenvalue weighted by molar-refractivity contribution is 6.07. The average molecular weight is 390 g/mol. The molecule has 0 spiro atoms. The van der Waals surface area contributed by atoms with Crippen molar-refractivity contribution in [3.8, 4) is 28.0 Å². The van der Waals surface area contributed by atoms with E-state index >= 15 is 0 Å². The van der Waals surface area contributed by atoms with Gasteiger partial charge in [0.1, 0.15) is 11.5 Å². The van der Waals surface area contributed by atoms with Gasteiger partial charge < -0.3 is 20.5 Å². The number of amidine groups is 1. The summed E-state index contributed by atoms with van der Waals surface area (Å²) in [6, 6.07) is 7.58. The van der Waals surface area contributed by atoms with E-state index in [1.165, 1.54) is 30.5 Å². The standard InChI is InChI=1S/C20H17F3N2O3/c1-10-9-28-11(2)17(10)18-15(12-3-5-14(26)6-4-12)7-13(20(21,22)23)8-16(18)19(24)25-27/h3-9,26-27H,1-2H3,(H2,24,25). The van der Waals surface area contributed by atoms with Crippen LogP contribution in [0.2, 0.25) is 0 Å². The number of oxime groups is 1. The Labute approximate surface area is 158 Å². The van der Waals surface area contributed by atoms with Gasteiger partial charge in [0.15, 0.2) is 5.84 Å². The molecule has 0 aliphatic heterocycles. The number of hydrogen-bond acceptors (Lipinski definition) is 4. The zero-order valence-corrected chi connectivity index (χ0v) is 15.0. The summed E-state index contributed by atoms with van der Waals surface area (Å²) in [5.41, 5.74) is 6.94. The highest BCUT2D eigenvalue weighted by Gasteiger charge is 2.34. The molecule has 0 radical (unpaired) electrons. The number of phenols is 1. The molecule has 1 aromatic heterocycles. The van der Waals surface area contributed by atoms with E-state index in [-0.39, 0.29) is 16.9 Å². The Morgan fingerprint density at radius 2 is 1.71 bits per heavy atom. The lowest BCUT2D eigenvalue weighted by molar-refractivity contribution is -0.137. The number of rotatable bonds is 3. The number of furan rings is 1. The molecule has 3 aromatic rings. The molecule has 5 nitrogen and oxygen atoms in total. The molecular weight excluding hydrogens is 373 g/mol. The van der Waals surface area contributed by atoms with Gasteiger partial charge in [-0.2, -0.15) is 13.2 Å². The Hall–Kier alpha value is -3.42. The second-order valence-electron chi connectivity index (χ2n) is 6.33. The van der Waals surface area contributed by atoms with Crippen molar-refractivity contribution in [2.75, 3.05) is 0 Å². The minimum Gasteiger partial charge on any atom is -0.508 e. The Morgan fingerprint density at radius 3 is 2.21 bits per heavy atom. The molecule has 2 aromatic carbocycles. The molecule has 0 amide bonds. The molecule has 0 atom stereocenters. The number of nitrogens with zero attached hydrogens (tertiary/aromatic N) is 1. The van der Waals surface area contributed by atoms with Crippen molar-refractivity contribution in [3.63, 3.8) is 0 Å². The summed E-state index contributed by atoms with van der Waals surface area (Å²) in [6.07, 6.45) is -3.16. The van der Waals surface area contributed by atoms with Crippen LogP contribution in [0.15, 0.2) is 52.2 Å². The summed E-state index contributed by atoms with van der Waals surface area (Å²) >= 11 is 0. The van der Waals surface area contributed by atoms with Gasteiger partial charge >= 0.3 is 6.18 Å². The lowest BCUT2D eigenvalue weighted by atomic mass is 9.86. The number of nitrogens with two attached hydrogens (primary N) is 1. The lowest BCUT2D eigenvalue weighted by Crippen LogP contribution is -2.17. The Kier molecular flexibility index (Phi) is 4.80. The number of hydrogen-bond donors (Lipinski definition) is 3. The van der Waals surface area contributed by atoms with Gasteiger partial charge in [-0.1, -0.05) is 17.3 Å². The van der Waals surface area contributed by atoms with E-state index in [0.29, 0.717) is 28.0 Å². The van der Waals surface area contributed by atoms with Crippen molar-refractivity contribution in [1.29, 1.82) is 0 Å². The Bertz CT molecular complexity index is 1030. The first-order valence-corrected chi connectivity index (χ1v) is 8.21. The van der Waals surface area contributed by atoms with Crippen molar-refractivity contribution in [1.82, 2.24) is 0 Å². The normalized spacial score (nSPS) is 12.4. The van der Waals surface area contributed by atoms with Crippen LogP contribution in [0.4, 0.5) is 13.2 Å². The molecule has 0 aliphatic rings. The van der Waals surface area contributed by atoms with Crippen molar-refractivity contribution in [2.45, 2.75) is 20.0 Å². The van der Waals surface area contributed by atoms with Crippen molar-refractivity contribution >= 4 is 5.84 Å². The van der Waals surface area contributed by atoms with E-state index in [1.807, 2.05) is 0 Å². The predicted octanol–water partition coefficient (Wildman–Crippen LogP) is 5.05. The zero-order chi connectivity index (χ0) is 20.6. The molecule has 28 heavy (non-hydrogen) atoms.